The second-order valence-electron chi connectivity index (χ2n) is 13.7. The quantitative estimate of drug-likeness (QED) is 0.183. The van der Waals surface area contributed by atoms with Gasteiger partial charge in [-0.2, -0.15) is 8.42 Å². The molecule has 0 radical (unpaired) electrons. The highest BCUT2D eigenvalue weighted by molar-refractivity contribution is 7.85. The lowest BCUT2D eigenvalue weighted by atomic mass is 9.83. The summed E-state index contributed by atoms with van der Waals surface area (Å²) in [6, 6.07) is 8.01. The Kier molecular flexibility index (Phi) is 14.2. The molecule has 0 aliphatic heterocycles. The summed E-state index contributed by atoms with van der Waals surface area (Å²) >= 11 is 0. The van der Waals surface area contributed by atoms with E-state index in [1.807, 2.05) is 39.8 Å². The van der Waals surface area contributed by atoms with Gasteiger partial charge in [0.1, 0.15) is 0 Å². The van der Waals surface area contributed by atoms with Gasteiger partial charge in [0.05, 0.1) is 18.9 Å². The van der Waals surface area contributed by atoms with Gasteiger partial charge in [-0.05, 0) is 81.9 Å². The first-order valence-electron chi connectivity index (χ1n) is 16.7. The molecule has 1 amide bonds. The Labute approximate surface area is 273 Å². The Morgan fingerprint density at radius 2 is 1.18 bits per heavy atom. The van der Waals surface area contributed by atoms with Crippen molar-refractivity contribution in [3.63, 3.8) is 0 Å². The van der Waals surface area contributed by atoms with Gasteiger partial charge in [0.2, 0.25) is 5.91 Å². The number of hydrogen-bond donors (Lipinski definition) is 1. The van der Waals surface area contributed by atoms with Crippen LogP contribution in [0.2, 0.25) is 0 Å². The second-order valence-corrected chi connectivity index (χ2v) is 14.9. The molecular weight excluding hydrogens is 586 g/mol. The lowest BCUT2D eigenvalue weighted by Crippen LogP contribution is -2.36. The summed E-state index contributed by atoms with van der Waals surface area (Å²) in [6.07, 6.45) is 2.34. The fourth-order valence-electron chi connectivity index (χ4n) is 5.70. The second kappa shape index (κ2) is 16.6. The Hall–Kier alpha value is -2.87. The maximum Gasteiger partial charge on any atom is 0.409 e. The molecule has 7 nitrogen and oxygen atoms in total. The summed E-state index contributed by atoms with van der Waals surface area (Å²) in [4.78, 5) is 26.4. The Balaban J connectivity index is 2.53. The highest BCUT2D eigenvalue weighted by atomic mass is 32.2. The van der Waals surface area contributed by atoms with Crippen LogP contribution in [-0.4, -0.2) is 26.9 Å². The molecule has 1 N–H and O–H groups in total. The number of amides is 1. The van der Waals surface area contributed by atoms with Gasteiger partial charge in [0.25, 0.3) is 0 Å². The standard InChI is InChI=1S/C37H57NO6S/c1-13-15-16-29(37(40)43-14-2)28-19-32(25(9)10)36(33(20-28)26(11)12)44-45(41,42)38-35(39)21-34-30(23(5)6)17-27(22(3)4)18-31(34)24(7)8/h17-20,22-26,29H,13-16,21H2,1-12H3,(H,38,39). The average molecular weight is 644 g/mol. The van der Waals surface area contributed by atoms with Gasteiger partial charge in [-0.15, -0.1) is 0 Å². The van der Waals surface area contributed by atoms with Crippen molar-refractivity contribution in [2.45, 2.75) is 144 Å². The van der Waals surface area contributed by atoms with E-state index in [9.17, 15) is 18.0 Å². The van der Waals surface area contributed by atoms with Crippen molar-refractivity contribution in [1.82, 2.24) is 4.72 Å². The van der Waals surface area contributed by atoms with Crippen molar-refractivity contribution in [2.75, 3.05) is 6.61 Å². The van der Waals surface area contributed by atoms with Crippen LogP contribution in [0.3, 0.4) is 0 Å². The van der Waals surface area contributed by atoms with E-state index in [4.69, 9.17) is 8.92 Å². The summed E-state index contributed by atoms with van der Waals surface area (Å²) in [5.74, 6) is -0.766. The number of nitrogens with one attached hydrogen (secondary N) is 1. The molecule has 0 aromatic heterocycles. The minimum Gasteiger partial charge on any atom is -0.466 e. The normalized spacial score (nSPS) is 12.8. The number of carbonyl (C=O) groups excluding carboxylic acids is 2. The van der Waals surface area contributed by atoms with Crippen molar-refractivity contribution in [3.8, 4) is 5.75 Å². The first-order chi connectivity index (χ1) is 20.9. The summed E-state index contributed by atoms with van der Waals surface area (Å²) in [5, 5.41) is 0. The molecule has 0 bridgehead atoms. The first-order valence-corrected chi connectivity index (χ1v) is 18.1. The van der Waals surface area contributed by atoms with Gasteiger partial charge in [-0.1, -0.05) is 113 Å². The van der Waals surface area contributed by atoms with Crippen LogP contribution in [0.4, 0.5) is 0 Å². The number of ether oxygens (including phenoxy) is 1. The van der Waals surface area contributed by atoms with Gasteiger partial charge in [0.15, 0.2) is 5.75 Å². The maximum atomic E-state index is 13.5. The SMILES string of the molecule is CCCCC(C(=O)OCC)c1cc(C(C)C)c(OS(=O)(=O)NC(=O)Cc2c(C(C)C)cc(C(C)C)cc2C(C)C)c(C(C)C)c1. The zero-order valence-corrected chi connectivity index (χ0v) is 30.5. The van der Waals surface area contributed by atoms with E-state index in [1.165, 1.54) is 5.56 Å². The number of rotatable bonds is 16. The summed E-state index contributed by atoms with van der Waals surface area (Å²) < 4.78 is 40.3. The van der Waals surface area contributed by atoms with Crippen LogP contribution in [0.25, 0.3) is 0 Å². The molecule has 2 rings (SSSR count). The summed E-state index contributed by atoms with van der Waals surface area (Å²) in [5.41, 5.74) is 6.28. The zero-order chi connectivity index (χ0) is 34.2. The number of carbonyl (C=O) groups is 2. The topological polar surface area (TPSA) is 98.8 Å². The van der Waals surface area contributed by atoms with Gasteiger partial charge >= 0.3 is 16.3 Å². The van der Waals surface area contributed by atoms with Crippen LogP contribution in [0.1, 0.15) is 177 Å². The Morgan fingerprint density at radius 1 is 0.711 bits per heavy atom. The van der Waals surface area contributed by atoms with Gasteiger partial charge in [0, 0.05) is 0 Å². The predicted octanol–water partition coefficient (Wildman–Crippen LogP) is 9.12. The fraction of sp³-hybridized carbons (Fsp3) is 0.622. The van der Waals surface area contributed by atoms with E-state index in [0.29, 0.717) is 23.5 Å². The highest BCUT2D eigenvalue weighted by Gasteiger charge is 2.29. The third-order valence-corrected chi connectivity index (χ3v) is 9.12. The molecule has 8 heteroatoms. The van der Waals surface area contributed by atoms with Crippen molar-refractivity contribution in [1.29, 1.82) is 0 Å². The molecule has 0 fully saturated rings. The van der Waals surface area contributed by atoms with E-state index in [2.05, 4.69) is 65.3 Å². The van der Waals surface area contributed by atoms with Crippen LogP contribution in [-0.2, 0) is 31.1 Å². The molecule has 45 heavy (non-hydrogen) atoms. The lowest BCUT2D eigenvalue weighted by molar-refractivity contribution is -0.145. The van der Waals surface area contributed by atoms with Crippen LogP contribution < -0.4 is 8.91 Å². The van der Waals surface area contributed by atoms with E-state index in [0.717, 1.165) is 35.1 Å². The van der Waals surface area contributed by atoms with Crippen molar-refractivity contribution >= 4 is 22.2 Å². The lowest BCUT2D eigenvalue weighted by Gasteiger charge is -2.24. The van der Waals surface area contributed by atoms with Gasteiger partial charge < -0.3 is 8.92 Å². The van der Waals surface area contributed by atoms with Crippen LogP contribution in [0.5, 0.6) is 5.75 Å². The number of hydrogen-bond acceptors (Lipinski definition) is 6. The molecule has 0 aliphatic rings. The fourth-order valence-corrected chi connectivity index (χ4v) is 6.51. The predicted molar refractivity (Wildman–Crippen MR) is 184 cm³/mol. The van der Waals surface area contributed by atoms with Gasteiger partial charge in [-0.3, -0.25) is 9.59 Å². The molecule has 0 aliphatic carbocycles. The molecule has 0 saturated heterocycles. The van der Waals surface area contributed by atoms with Crippen LogP contribution in [0.15, 0.2) is 24.3 Å². The molecule has 0 heterocycles. The summed E-state index contributed by atoms with van der Waals surface area (Å²) in [6.45, 7) is 24.6. The van der Waals surface area contributed by atoms with Gasteiger partial charge in [-0.25, -0.2) is 4.72 Å². The molecule has 1 unspecified atom stereocenters. The Bertz CT molecular complexity index is 1360. The van der Waals surface area contributed by atoms with E-state index < -0.39 is 22.1 Å². The molecule has 2 aromatic carbocycles. The third kappa shape index (κ3) is 10.3. The van der Waals surface area contributed by atoms with Crippen molar-refractivity contribution < 1.29 is 26.9 Å². The monoisotopic (exact) mass is 643 g/mol. The van der Waals surface area contributed by atoms with Crippen molar-refractivity contribution in [2.24, 2.45) is 0 Å². The number of unbranched alkanes of at least 4 members (excludes halogenated alkanes) is 1. The number of benzene rings is 2. The van der Waals surface area contributed by atoms with Crippen LogP contribution in [0, 0.1) is 0 Å². The molecule has 1 atom stereocenters. The largest absolute Gasteiger partial charge is 0.466 e. The zero-order valence-electron chi connectivity index (χ0n) is 29.7. The maximum absolute atomic E-state index is 13.5. The average Bonchev–Trinajstić information content (AvgIpc) is 2.92. The minimum absolute atomic E-state index is 0.0757. The smallest absolute Gasteiger partial charge is 0.409 e. The highest BCUT2D eigenvalue weighted by Crippen LogP contribution is 2.40. The molecular formula is C37H57NO6S. The Morgan fingerprint density at radius 3 is 1.58 bits per heavy atom. The van der Waals surface area contributed by atoms with Crippen molar-refractivity contribution in [3.05, 3.63) is 63.2 Å². The molecule has 0 saturated carbocycles. The molecule has 2 aromatic rings. The third-order valence-electron chi connectivity index (χ3n) is 8.25. The number of esters is 1. The molecule has 0 spiro atoms. The molecule has 252 valence electrons. The van der Waals surface area contributed by atoms with E-state index in [1.54, 1.807) is 6.92 Å². The summed E-state index contributed by atoms with van der Waals surface area (Å²) in [7, 11) is -4.52. The van der Waals surface area contributed by atoms with E-state index >= 15 is 0 Å². The first kappa shape index (κ1) is 38.3. The van der Waals surface area contributed by atoms with E-state index in [-0.39, 0.29) is 48.4 Å². The van der Waals surface area contributed by atoms with Crippen LogP contribution >= 0.6 is 0 Å². The minimum atomic E-state index is -4.52.